The molecule has 0 atom stereocenters. The zero-order chi connectivity index (χ0) is 12.1. The lowest BCUT2D eigenvalue weighted by molar-refractivity contribution is 0.299. The molecule has 2 N–H and O–H groups in total. The fourth-order valence-electron chi connectivity index (χ4n) is 1.66. The molecule has 0 aromatic heterocycles. The van der Waals surface area contributed by atoms with Gasteiger partial charge in [0, 0.05) is 6.54 Å². The van der Waals surface area contributed by atoms with Gasteiger partial charge < -0.3 is 10.5 Å². The second-order valence-electron chi connectivity index (χ2n) is 4.55. The Morgan fingerprint density at radius 3 is 2.94 bits per heavy atom. The van der Waals surface area contributed by atoms with Gasteiger partial charge in [-0.3, -0.25) is 0 Å². The Morgan fingerprint density at radius 1 is 1.47 bits per heavy atom. The minimum absolute atomic E-state index is 0.254. The molecule has 1 fully saturated rings. The van der Waals surface area contributed by atoms with Gasteiger partial charge in [0.25, 0.3) is 0 Å². The molecule has 0 saturated heterocycles. The highest BCUT2D eigenvalue weighted by atomic mass is 19.1. The first-order valence-electron chi connectivity index (χ1n) is 6.01. The summed E-state index contributed by atoms with van der Waals surface area (Å²) >= 11 is 0. The van der Waals surface area contributed by atoms with Crippen LogP contribution in [0.4, 0.5) is 4.39 Å². The van der Waals surface area contributed by atoms with Gasteiger partial charge in [-0.1, -0.05) is 12.1 Å². The van der Waals surface area contributed by atoms with E-state index in [1.807, 2.05) is 24.3 Å². The zero-order valence-corrected chi connectivity index (χ0v) is 9.86. The fourth-order valence-corrected chi connectivity index (χ4v) is 1.66. The molecule has 0 unspecified atom stereocenters. The lowest BCUT2D eigenvalue weighted by Crippen LogP contribution is -2.05. The summed E-state index contributed by atoms with van der Waals surface area (Å²) in [5.41, 5.74) is 7.07. The van der Waals surface area contributed by atoms with Crippen molar-refractivity contribution in [2.75, 3.05) is 13.2 Å². The Hall–Kier alpha value is -1.35. The van der Waals surface area contributed by atoms with Crippen molar-refractivity contribution in [2.24, 2.45) is 11.7 Å². The predicted molar refractivity (Wildman–Crippen MR) is 66.6 cm³/mol. The van der Waals surface area contributed by atoms with Crippen molar-refractivity contribution < 1.29 is 9.13 Å². The van der Waals surface area contributed by atoms with Crippen molar-refractivity contribution in [3.63, 3.8) is 0 Å². The van der Waals surface area contributed by atoms with Crippen LogP contribution in [-0.2, 0) is 6.42 Å². The maximum atomic E-state index is 12.4. The molecule has 1 aliphatic carbocycles. The molecule has 1 saturated carbocycles. The van der Waals surface area contributed by atoms with E-state index in [0.29, 0.717) is 18.3 Å². The number of nitrogens with two attached hydrogens (primary N) is 1. The van der Waals surface area contributed by atoms with E-state index in [1.54, 1.807) is 0 Å². The van der Waals surface area contributed by atoms with E-state index >= 15 is 0 Å². The summed E-state index contributed by atoms with van der Waals surface area (Å²) in [6.07, 6.45) is 3.70. The maximum absolute atomic E-state index is 12.4. The summed E-state index contributed by atoms with van der Waals surface area (Å²) < 4.78 is 18.1. The number of ether oxygens (including phenoxy) is 1. The van der Waals surface area contributed by atoms with E-state index in [2.05, 4.69) is 0 Å². The summed E-state index contributed by atoms with van der Waals surface area (Å²) in [5, 5.41) is 0. The van der Waals surface area contributed by atoms with Crippen molar-refractivity contribution in [1.29, 1.82) is 0 Å². The molecule has 17 heavy (non-hydrogen) atoms. The van der Waals surface area contributed by atoms with Gasteiger partial charge in [-0.25, -0.2) is 4.39 Å². The zero-order valence-electron chi connectivity index (χ0n) is 9.86. The van der Waals surface area contributed by atoms with Crippen molar-refractivity contribution in [2.45, 2.75) is 19.3 Å². The third-order valence-corrected chi connectivity index (χ3v) is 2.93. The van der Waals surface area contributed by atoms with Crippen molar-refractivity contribution in [3.05, 3.63) is 41.7 Å². The van der Waals surface area contributed by atoms with Crippen LogP contribution < -0.4 is 10.5 Å². The van der Waals surface area contributed by atoms with Crippen LogP contribution in [0.25, 0.3) is 0 Å². The first-order chi connectivity index (χ1) is 8.31. The number of halogens is 1. The van der Waals surface area contributed by atoms with E-state index in [0.717, 1.165) is 23.8 Å². The molecule has 1 aliphatic rings. The van der Waals surface area contributed by atoms with Gasteiger partial charge in [-0.05, 0) is 48.4 Å². The third-order valence-electron chi connectivity index (χ3n) is 2.93. The SMILES string of the molecule is NCC(=CF)Cc1cccc(OCC2CC2)c1. The van der Waals surface area contributed by atoms with E-state index in [-0.39, 0.29) is 6.54 Å². The van der Waals surface area contributed by atoms with E-state index < -0.39 is 0 Å². The summed E-state index contributed by atoms with van der Waals surface area (Å²) in [4.78, 5) is 0. The molecule has 1 aromatic carbocycles. The topological polar surface area (TPSA) is 35.2 Å². The minimum Gasteiger partial charge on any atom is -0.493 e. The van der Waals surface area contributed by atoms with Crippen LogP contribution in [0.15, 0.2) is 36.2 Å². The first-order valence-corrected chi connectivity index (χ1v) is 6.01. The van der Waals surface area contributed by atoms with Gasteiger partial charge in [-0.2, -0.15) is 0 Å². The van der Waals surface area contributed by atoms with Crippen LogP contribution in [0, 0.1) is 5.92 Å². The molecular weight excluding hydrogens is 217 g/mol. The average molecular weight is 235 g/mol. The molecule has 92 valence electrons. The second-order valence-corrected chi connectivity index (χ2v) is 4.55. The largest absolute Gasteiger partial charge is 0.493 e. The Kier molecular flexibility index (Phi) is 4.15. The lowest BCUT2D eigenvalue weighted by Gasteiger charge is -2.08. The molecule has 0 heterocycles. The fraction of sp³-hybridized carbons (Fsp3) is 0.429. The lowest BCUT2D eigenvalue weighted by atomic mass is 10.1. The predicted octanol–water partition coefficient (Wildman–Crippen LogP) is 2.83. The molecule has 0 amide bonds. The monoisotopic (exact) mass is 235 g/mol. The highest BCUT2D eigenvalue weighted by molar-refractivity contribution is 5.31. The summed E-state index contributed by atoms with van der Waals surface area (Å²) in [6, 6.07) is 7.79. The third kappa shape index (κ3) is 3.86. The number of rotatable bonds is 6. The van der Waals surface area contributed by atoms with Gasteiger partial charge in [0.15, 0.2) is 0 Å². The number of hydrogen-bond acceptors (Lipinski definition) is 2. The van der Waals surface area contributed by atoms with Crippen LogP contribution in [0.5, 0.6) is 5.75 Å². The van der Waals surface area contributed by atoms with E-state index in [1.165, 1.54) is 12.8 Å². The molecule has 0 radical (unpaired) electrons. The molecular formula is C14H18FNO. The second kappa shape index (κ2) is 5.82. The van der Waals surface area contributed by atoms with Gasteiger partial charge in [0.05, 0.1) is 12.9 Å². The van der Waals surface area contributed by atoms with E-state index in [9.17, 15) is 4.39 Å². The molecule has 0 aliphatic heterocycles. The van der Waals surface area contributed by atoms with E-state index in [4.69, 9.17) is 10.5 Å². The standard InChI is InChI=1S/C14H18FNO/c15-8-13(9-16)6-12-2-1-3-14(7-12)17-10-11-4-5-11/h1-3,7-8,11H,4-6,9-10,16H2. The van der Waals surface area contributed by atoms with Crippen LogP contribution in [0.2, 0.25) is 0 Å². The highest BCUT2D eigenvalue weighted by Gasteiger charge is 2.21. The Balaban J connectivity index is 1.94. The minimum atomic E-state index is 0.254. The molecule has 1 aromatic rings. The average Bonchev–Trinajstić information content (AvgIpc) is 3.18. The van der Waals surface area contributed by atoms with Gasteiger partial charge in [0.1, 0.15) is 5.75 Å². The van der Waals surface area contributed by atoms with Crippen LogP contribution in [0.1, 0.15) is 18.4 Å². The van der Waals surface area contributed by atoms with Gasteiger partial charge >= 0.3 is 0 Å². The highest BCUT2D eigenvalue weighted by Crippen LogP contribution is 2.29. The van der Waals surface area contributed by atoms with Crippen LogP contribution >= 0.6 is 0 Å². The van der Waals surface area contributed by atoms with Crippen molar-refractivity contribution in [1.82, 2.24) is 0 Å². The van der Waals surface area contributed by atoms with Gasteiger partial charge in [-0.15, -0.1) is 0 Å². The summed E-state index contributed by atoms with van der Waals surface area (Å²) in [5.74, 6) is 1.61. The number of benzene rings is 1. The van der Waals surface area contributed by atoms with Crippen molar-refractivity contribution in [3.8, 4) is 5.75 Å². The summed E-state index contributed by atoms with van der Waals surface area (Å²) in [7, 11) is 0. The number of hydrogen-bond donors (Lipinski definition) is 1. The molecule has 2 nitrogen and oxygen atoms in total. The maximum Gasteiger partial charge on any atom is 0.119 e. The normalized spacial score (nSPS) is 16.0. The van der Waals surface area contributed by atoms with Gasteiger partial charge in [0.2, 0.25) is 0 Å². The Morgan fingerprint density at radius 2 is 2.29 bits per heavy atom. The Labute approximate surface area is 101 Å². The summed E-state index contributed by atoms with van der Waals surface area (Å²) in [6.45, 7) is 1.05. The smallest absolute Gasteiger partial charge is 0.119 e. The van der Waals surface area contributed by atoms with Crippen molar-refractivity contribution >= 4 is 0 Å². The Bertz CT molecular complexity index is 399. The van der Waals surface area contributed by atoms with Crippen LogP contribution in [0.3, 0.4) is 0 Å². The molecule has 0 spiro atoms. The molecule has 3 heteroatoms. The molecule has 0 bridgehead atoms. The van der Waals surface area contributed by atoms with Crippen LogP contribution in [-0.4, -0.2) is 13.2 Å². The quantitative estimate of drug-likeness (QED) is 0.823. The molecule has 2 rings (SSSR count). The first kappa shape index (κ1) is 12.1.